The number of amides is 1. The first kappa shape index (κ1) is 14.9. The van der Waals surface area contributed by atoms with Gasteiger partial charge in [-0.2, -0.15) is 0 Å². The van der Waals surface area contributed by atoms with Gasteiger partial charge in [-0.15, -0.1) is 11.3 Å². The van der Waals surface area contributed by atoms with Crippen LogP contribution in [0.2, 0.25) is 0 Å². The number of carbonyl (C=O) groups is 1. The summed E-state index contributed by atoms with van der Waals surface area (Å²) < 4.78 is 11.0. The summed E-state index contributed by atoms with van der Waals surface area (Å²) in [7, 11) is 1.56. The van der Waals surface area contributed by atoms with Crippen molar-refractivity contribution in [3.63, 3.8) is 0 Å². The molecule has 2 rings (SSSR count). The van der Waals surface area contributed by atoms with Crippen molar-refractivity contribution in [3.05, 3.63) is 4.88 Å². The molecule has 1 aliphatic heterocycles. The van der Waals surface area contributed by atoms with Crippen LogP contribution in [-0.2, 0) is 4.74 Å². The van der Waals surface area contributed by atoms with Crippen molar-refractivity contribution in [2.45, 2.75) is 25.9 Å². The van der Waals surface area contributed by atoms with E-state index in [9.17, 15) is 4.79 Å². The van der Waals surface area contributed by atoms with Crippen LogP contribution in [0.5, 0.6) is 5.75 Å². The second-order valence-corrected chi connectivity index (χ2v) is 5.69. The summed E-state index contributed by atoms with van der Waals surface area (Å²) in [6.45, 7) is 4.47. The summed E-state index contributed by atoms with van der Waals surface area (Å²) in [6.07, 6.45) is 2.23. The van der Waals surface area contributed by atoms with Crippen molar-refractivity contribution in [2.24, 2.45) is 5.73 Å². The Kier molecular flexibility index (Phi) is 4.72. The molecule has 112 valence electrons. The Hall–Kier alpha value is -1.47. The molecule has 0 saturated carbocycles. The van der Waals surface area contributed by atoms with E-state index in [1.165, 1.54) is 11.3 Å². The van der Waals surface area contributed by atoms with Gasteiger partial charge in [0.2, 0.25) is 0 Å². The van der Waals surface area contributed by atoms with E-state index in [1.807, 2.05) is 6.92 Å². The number of ether oxygens (including phenoxy) is 2. The molecule has 1 fully saturated rings. The lowest BCUT2D eigenvalue weighted by Gasteiger charge is -2.32. The van der Waals surface area contributed by atoms with Crippen LogP contribution >= 0.6 is 11.3 Å². The molecule has 6 nitrogen and oxygen atoms in total. The molecule has 0 bridgehead atoms. The number of nitrogens with two attached hydrogens (primary N) is 2. The van der Waals surface area contributed by atoms with Gasteiger partial charge < -0.3 is 25.8 Å². The summed E-state index contributed by atoms with van der Waals surface area (Å²) in [6, 6.07) is 0. The molecular formula is C13H21N3O3S. The van der Waals surface area contributed by atoms with Crippen LogP contribution in [0.15, 0.2) is 0 Å². The quantitative estimate of drug-likeness (QED) is 0.858. The Morgan fingerprint density at radius 2 is 2.10 bits per heavy atom. The number of primary amides is 1. The third kappa shape index (κ3) is 2.83. The Morgan fingerprint density at radius 3 is 2.60 bits per heavy atom. The predicted molar refractivity (Wildman–Crippen MR) is 80.7 cm³/mol. The van der Waals surface area contributed by atoms with Crippen molar-refractivity contribution in [1.82, 2.24) is 0 Å². The number of piperidine rings is 1. The van der Waals surface area contributed by atoms with Crippen molar-refractivity contribution in [1.29, 1.82) is 0 Å². The van der Waals surface area contributed by atoms with Gasteiger partial charge in [0.05, 0.1) is 13.2 Å². The number of hydrogen-bond acceptors (Lipinski definition) is 6. The highest BCUT2D eigenvalue weighted by Crippen LogP contribution is 2.45. The first-order valence-electron chi connectivity index (χ1n) is 6.71. The molecule has 0 unspecified atom stereocenters. The van der Waals surface area contributed by atoms with E-state index in [-0.39, 0.29) is 0 Å². The molecule has 1 aliphatic rings. The van der Waals surface area contributed by atoms with Gasteiger partial charge >= 0.3 is 0 Å². The number of nitrogen functional groups attached to an aromatic ring is 1. The van der Waals surface area contributed by atoms with Gasteiger partial charge in [-0.05, 0) is 19.8 Å². The zero-order valence-electron chi connectivity index (χ0n) is 11.8. The van der Waals surface area contributed by atoms with E-state index >= 15 is 0 Å². The topological polar surface area (TPSA) is 90.8 Å². The molecule has 1 saturated heterocycles. The number of nitrogens with zero attached hydrogens (tertiary/aromatic N) is 1. The number of hydrogen-bond donors (Lipinski definition) is 2. The molecule has 1 aromatic heterocycles. The third-order valence-electron chi connectivity index (χ3n) is 3.44. The van der Waals surface area contributed by atoms with Crippen LogP contribution in [0.25, 0.3) is 0 Å². The summed E-state index contributed by atoms with van der Waals surface area (Å²) in [5.41, 5.74) is 11.6. The molecule has 0 aliphatic carbocycles. The maximum absolute atomic E-state index is 11.4. The van der Waals surface area contributed by atoms with E-state index in [0.717, 1.165) is 37.5 Å². The first-order chi connectivity index (χ1) is 9.58. The number of methoxy groups -OCH3 is 1. The van der Waals surface area contributed by atoms with Crippen molar-refractivity contribution in [2.75, 3.05) is 37.4 Å². The van der Waals surface area contributed by atoms with E-state index < -0.39 is 5.91 Å². The van der Waals surface area contributed by atoms with Crippen LogP contribution in [-0.4, -0.2) is 38.8 Å². The van der Waals surface area contributed by atoms with Gasteiger partial charge in [0.15, 0.2) is 5.75 Å². The lowest BCUT2D eigenvalue weighted by Crippen LogP contribution is -2.36. The van der Waals surface area contributed by atoms with Crippen LogP contribution < -0.4 is 21.1 Å². The molecule has 1 amide bonds. The minimum atomic E-state index is -0.513. The highest BCUT2D eigenvalue weighted by atomic mass is 32.1. The minimum absolute atomic E-state index is 0.315. The molecule has 0 aromatic carbocycles. The van der Waals surface area contributed by atoms with Crippen LogP contribution in [0.3, 0.4) is 0 Å². The lowest BCUT2D eigenvalue weighted by molar-refractivity contribution is 0.0459. The van der Waals surface area contributed by atoms with E-state index in [0.29, 0.717) is 22.4 Å². The van der Waals surface area contributed by atoms with Crippen LogP contribution in [0, 0.1) is 0 Å². The fraction of sp³-hybridized carbons (Fsp3) is 0.615. The molecule has 2 heterocycles. The van der Waals surface area contributed by atoms with Crippen molar-refractivity contribution in [3.8, 4) is 5.75 Å². The van der Waals surface area contributed by atoms with Crippen molar-refractivity contribution >= 4 is 27.9 Å². The van der Waals surface area contributed by atoms with Gasteiger partial charge in [0, 0.05) is 19.7 Å². The largest absolute Gasteiger partial charge is 0.492 e. The molecule has 0 radical (unpaired) electrons. The maximum atomic E-state index is 11.4. The fourth-order valence-corrected chi connectivity index (χ4v) is 3.56. The number of thiophene rings is 1. The smallest absolute Gasteiger partial charge is 0.261 e. The standard InChI is InChI=1S/C13H21N3O3S/c1-3-19-8-4-6-16(7-5-8)13-10(18-2)9(14)11(20-13)12(15)17/h8H,3-7,14H2,1-2H3,(H2,15,17). The molecule has 4 N–H and O–H groups in total. The van der Waals surface area contributed by atoms with Crippen LogP contribution in [0.4, 0.5) is 10.7 Å². The molecule has 20 heavy (non-hydrogen) atoms. The average molecular weight is 299 g/mol. The highest BCUT2D eigenvalue weighted by molar-refractivity contribution is 7.19. The number of anilines is 2. The van der Waals surface area contributed by atoms with E-state index in [4.69, 9.17) is 20.9 Å². The summed E-state index contributed by atoms with van der Waals surface area (Å²) in [5, 5.41) is 0.883. The van der Waals surface area contributed by atoms with E-state index in [2.05, 4.69) is 4.90 Å². The molecule has 0 atom stereocenters. The lowest BCUT2D eigenvalue weighted by atomic mass is 10.1. The molecule has 7 heteroatoms. The highest BCUT2D eigenvalue weighted by Gasteiger charge is 2.27. The summed E-state index contributed by atoms with van der Waals surface area (Å²) in [4.78, 5) is 13.9. The maximum Gasteiger partial charge on any atom is 0.261 e. The average Bonchev–Trinajstić information content (AvgIpc) is 2.77. The number of rotatable bonds is 5. The Balaban J connectivity index is 2.17. The Labute approximate surface area is 122 Å². The van der Waals surface area contributed by atoms with E-state index in [1.54, 1.807) is 7.11 Å². The molecular weight excluding hydrogens is 278 g/mol. The van der Waals surface area contributed by atoms with Gasteiger partial charge in [0.1, 0.15) is 15.6 Å². The second kappa shape index (κ2) is 6.32. The minimum Gasteiger partial charge on any atom is -0.492 e. The first-order valence-corrected chi connectivity index (χ1v) is 7.52. The van der Waals surface area contributed by atoms with Gasteiger partial charge in [-0.25, -0.2) is 0 Å². The summed E-state index contributed by atoms with van der Waals surface area (Å²) in [5.74, 6) is 0.0416. The Morgan fingerprint density at radius 1 is 1.45 bits per heavy atom. The van der Waals surface area contributed by atoms with Gasteiger partial charge in [-0.1, -0.05) is 0 Å². The van der Waals surface area contributed by atoms with Crippen LogP contribution in [0.1, 0.15) is 29.4 Å². The third-order valence-corrected chi connectivity index (χ3v) is 4.70. The molecule has 0 spiro atoms. The summed E-state index contributed by atoms with van der Waals surface area (Å²) >= 11 is 1.30. The van der Waals surface area contributed by atoms with Crippen molar-refractivity contribution < 1.29 is 14.3 Å². The second-order valence-electron chi connectivity index (χ2n) is 4.69. The predicted octanol–water partition coefficient (Wildman–Crippen LogP) is 1.44. The Bertz CT molecular complexity index is 481. The zero-order chi connectivity index (χ0) is 14.7. The number of carbonyl (C=O) groups excluding carboxylic acids is 1. The SMILES string of the molecule is CCOC1CCN(c2sc(C(N)=O)c(N)c2OC)CC1. The monoisotopic (exact) mass is 299 g/mol. The van der Waals surface area contributed by atoms with Gasteiger partial charge in [-0.3, -0.25) is 4.79 Å². The molecule has 1 aromatic rings. The zero-order valence-corrected chi connectivity index (χ0v) is 12.7. The normalized spacial score (nSPS) is 16.4. The van der Waals surface area contributed by atoms with Gasteiger partial charge in [0.25, 0.3) is 5.91 Å². The fourth-order valence-electron chi connectivity index (χ4n) is 2.47.